The quantitative estimate of drug-likeness (QED) is 0.816. The lowest BCUT2D eigenvalue weighted by atomic mass is 10.2. The van der Waals surface area contributed by atoms with Crippen molar-refractivity contribution in [3.05, 3.63) is 48.5 Å². The minimum atomic E-state index is 0.600. The lowest BCUT2D eigenvalue weighted by molar-refractivity contribution is 0.415. The molecule has 1 aromatic heterocycles. The van der Waals surface area contributed by atoms with Crippen molar-refractivity contribution in [3.63, 3.8) is 0 Å². The third-order valence-electron chi connectivity index (χ3n) is 2.15. The number of ether oxygens (including phenoxy) is 1. The molecule has 0 spiro atoms. The summed E-state index contributed by atoms with van der Waals surface area (Å²) in [5.41, 5.74) is 1.01. The van der Waals surface area contributed by atoms with Crippen LogP contribution in [0.25, 0.3) is 11.2 Å². The average Bonchev–Trinajstić information content (AvgIpc) is 2.83. The molecule has 0 aliphatic rings. The molecule has 0 unspecified atom stereocenters. The van der Waals surface area contributed by atoms with Gasteiger partial charge < -0.3 is 4.74 Å². The minimum absolute atomic E-state index is 0.600. The van der Waals surface area contributed by atoms with Crippen molar-refractivity contribution in [2.45, 2.75) is 0 Å². The molecule has 16 heavy (non-hydrogen) atoms. The van der Waals surface area contributed by atoms with Crippen LogP contribution in [0.4, 0.5) is 0 Å². The van der Waals surface area contributed by atoms with E-state index in [1.165, 1.54) is 0 Å². The van der Waals surface area contributed by atoms with Crippen LogP contribution in [0.3, 0.4) is 0 Å². The molecule has 0 radical (unpaired) electrons. The van der Waals surface area contributed by atoms with Gasteiger partial charge in [-0.3, -0.25) is 4.57 Å². The predicted molar refractivity (Wildman–Crippen MR) is 65.2 cm³/mol. The van der Waals surface area contributed by atoms with Gasteiger partial charge in [0.25, 0.3) is 0 Å². The van der Waals surface area contributed by atoms with Gasteiger partial charge in [-0.2, -0.15) is 0 Å². The van der Waals surface area contributed by atoms with E-state index in [1.54, 1.807) is 30.4 Å². The second-order valence-electron chi connectivity index (χ2n) is 3.21. The van der Waals surface area contributed by atoms with Gasteiger partial charge in [0.1, 0.15) is 10.9 Å². The highest BCUT2D eigenvalue weighted by Crippen LogP contribution is 2.17. The minimum Gasteiger partial charge on any atom is -0.497 e. The van der Waals surface area contributed by atoms with Crippen LogP contribution in [0, 0.1) is 0 Å². The zero-order valence-corrected chi connectivity index (χ0v) is 9.56. The summed E-state index contributed by atoms with van der Waals surface area (Å²) in [5, 5.41) is 0.600. The summed E-state index contributed by atoms with van der Waals surface area (Å²) in [6.07, 6.45) is 7.00. The number of hydrogen-bond donors (Lipinski definition) is 0. The third kappa shape index (κ3) is 2.44. The molecule has 0 bridgehead atoms. The SMILES string of the molecule is COc1ccc(/C=C(/Cl)n2ccnc2)cc1. The maximum Gasteiger partial charge on any atom is 0.118 e. The molecule has 82 valence electrons. The molecule has 0 amide bonds. The first-order valence-electron chi connectivity index (χ1n) is 4.79. The van der Waals surface area contributed by atoms with E-state index < -0.39 is 0 Å². The van der Waals surface area contributed by atoms with Gasteiger partial charge >= 0.3 is 0 Å². The number of hydrogen-bond acceptors (Lipinski definition) is 2. The van der Waals surface area contributed by atoms with Crippen molar-refractivity contribution in [1.29, 1.82) is 0 Å². The molecule has 2 aromatic rings. The van der Waals surface area contributed by atoms with Crippen LogP contribution in [0.15, 0.2) is 43.0 Å². The van der Waals surface area contributed by atoms with Crippen molar-refractivity contribution < 1.29 is 4.74 Å². The Morgan fingerprint density at radius 1 is 1.38 bits per heavy atom. The van der Waals surface area contributed by atoms with Crippen LogP contribution in [0.1, 0.15) is 5.56 Å². The smallest absolute Gasteiger partial charge is 0.118 e. The second kappa shape index (κ2) is 4.86. The van der Waals surface area contributed by atoms with Crippen molar-refractivity contribution >= 4 is 22.8 Å². The lowest BCUT2D eigenvalue weighted by Gasteiger charge is -2.01. The molecule has 3 nitrogen and oxygen atoms in total. The Hall–Kier alpha value is -1.74. The highest BCUT2D eigenvalue weighted by atomic mass is 35.5. The Morgan fingerprint density at radius 3 is 2.69 bits per heavy atom. The number of benzene rings is 1. The van der Waals surface area contributed by atoms with Gasteiger partial charge in [0, 0.05) is 12.4 Å². The van der Waals surface area contributed by atoms with Crippen molar-refractivity contribution in [1.82, 2.24) is 9.55 Å². The normalized spacial score (nSPS) is 11.5. The fourth-order valence-corrected chi connectivity index (χ4v) is 1.52. The average molecular weight is 235 g/mol. The molecule has 0 fully saturated rings. The molecule has 0 atom stereocenters. The maximum atomic E-state index is 6.11. The highest BCUT2D eigenvalue weighted by molar-refractivity contribution is 6.47. The molecule has 1 heterocycles. The number of rotatable bonds is 3. The first-order valence-corrected chi connectivity index (χ1v) is 5.17. The molecule has 0 saturated heterocycles. The number of nitrogens with zero attached hydrogens (tertiary/aromatic N) is 2. The Kier molecular flexibility index (Phi) is 3.27. The topological polar surface area (TPSA) is 27.1 Å². The van der Waals surface area contributed by atoms with E-state index in [9.17, 15) is 0 Å². The van der Waals surface area contributed by atoms with Crippen LogP contribution < -0.4 is 4.74 Å². The van der Waals surface area contributed by atoms with Crippen LogP contribution in [-0.4, -0.2) is 16.7 Å². The largest absolute Gasteiger partial charge is 0.497 e. The standard InChI is InChI=1S/C12H11ClN2O/c1-16-11-4-2-10(3-5-11)8-12(13)15-7-6-14-9-15/h2-9H,1H3/b12-8-. The second-order valence-corrected chi connectivity index (χ2v) is 3.60. The molecular weight excluding hydrogens is 224 g/mol. The third-order valence-corrected chi connectivity index (χ3v) is 2.46. The van der Waals surface area contributed by atoms with E-state index in [-0.39, 0.29) is 0 Å². The molecule has 0 N–H and O–H groups in total. The van der Waals surface area contributed by atoms with Crippen molar-refractivity contribution in [2.75, 3.05) is 7.11 Å². The maximum absolute atomic E-state index is 6.11. The van der Waals surface area contributed by atoms with Crippen LogP contribution in [0.2, 0.25) is 0 Å². The molecule has 2 rings (SSSR count). The summed E-state index contributed by atoms with van der Waals surface area (Å²) in [5.74, 6) is 0.830. The van der Waals surface area contributed by atoms with E-state index in [4.69, 9.17) is 16.3 Å². The van der Waals surface area contributed by atoms with Gasteiger partial charge in [0.15, 0.2) is 0 Å². The van der Waals surface area contributed by atoms with Crippen LogP contribution in [0.5, 0.6) is 5.75 Å². The van der Waals surface area contributed by atoms with Crippen molar-refractivity contribution in [3.8, 4) is 5.75 Å². The number of imidazole rings is 1. The van der Waals surface area contributed by atoms with Crippen LogP contribution >= 0.6 is 11.6 Å². The summed E-state index contributed by atoms with van der Waals surface area (Å²) < 4.78 is 6.82. The van der Waals surface area contributed by atoms with Gasteiger partial charge in [-0.1, -0.05) is 23.7 Å². The fourth-order valence-electron chi connectivity index (χ4n) is 1.30. The van der Waals surface area contributed by atoms with Gasteiger partial charge in [-0.05, 0) is 23.8 Å². The number of methoxy groups -OCH3 is 1. The van der Waals surface area contributed by atoms with Gasteiger partial charge in [-0.15, -0.1) is 0 Å². The first kappa shape index (κ1) is 10.8. The van der Waals surface area contributed by atoms with Crippen LogP contribution in [-0.2, 0) is 0 Å². The summed E-state index contributed by atoms with van der Waals surface area (Å²) in [6.45, 7) is 0. The van der Waals surface area contributed by atoms with Gasteiger partial charge in [-0.25, -0.2) is 4.98 Å². The Balaban J connectivity index is 2.22. The van der Waals surface area contributed by atoms with E-state index in [1.807, 2.05) is 30.3 Å². The molecule has 0 aliphatic carbocycles. The van der Waals surface area contributed by atoms with Crippen molar-refractivity contribution in [2.24, 2.45) is 0 Å². The Morgan fingerprint density at radius 2 is 2.12 bits per heavy atom. The van der Waals surface area contributed by atoms with E-state index in [2.05, 4.69) is 4.98 Å². The molecule has 4 heteroatoms. The Labute approximate surface area is 98.9 Å². The Bertz CT molecular complexity index is 474. The van der Waals surface area contributed by atoms with E-state index >= 15 is 0 Å². The monoisotopic (exact) mass is 234 g/mol. The molecular formula is C12H11ClN2O. The molecule has 1 aromatic carbocycles. The molecule has 0 saturated carbocycles. The predicted octanol–water partition coefficient (Wildman–Crippen LogP) is 3.09. The van der Waals surface area contributed by atoms with E-state index in [0.717, 1.165) is 11.3 Å². The molecule has 0 aliphatic heterocycles. The lowest BCUT2D eigenvalue weighted by Crippen LogP contribution is -1.86. The highest BCUT2D eigenvalue weighted by Gasteiger charge is 1.96. The van der Waals surface area contributed by atoms with E-state index in [0.29, 0.717) is 5.16 Å². The summed E-state index contributed by atoms with van der Waals surface area (Å²) in [7, 11) is 1.64. The van der Waals surface area contributed by atoms with Gasteiger partial charge in [0.2, 0.25) is 0 Å². The van der Waals surface area contributed by atoms with Gasteiger partial charge in [0.05, 0.1) is 13.4 Å². The summed E-state index contributed by atoms with van der Waals surface area (Å²) in [4.78, 5) is 3.93. The number of halogens is 1. The first-order chi connectivity index (χ1) is 7.79. The summed E-state index contributed by atoms with van der Waals surface area (Å²) in [6, 6.07) is 7.67. The zero-order chi connectivity index (χ0) is 11.4. The fraction of sp³-hybridized carbons (Fsp3) is 0.0833. The summed E-state index contributed by atoms with van der Waals surface area (Å²) >= 11 is 6.11. The number of aromatic nitrogens is 2. The zero-order valence-electron chi connectivity index (χ0n) is 8.80.